The SMILES string of the molecule is CC(C)C=C(CP(=O)(O)C(CC1CCCCC1)NC(=O)OC(C)(C)C)C(=O)O. The normalized spacial score (nSPS) is 19.8. The van der Waals surface area contributed by atoms with Gasteiger partial charge in [0.05, 0.1) is 6.16 Å². The first kappa shape index (κ1) is 24.7. The molecular weight excluding hydrogens is 381 g/mol. The molecule has 0 spiro atoms. The van der Waals surface area contributed by atoms with Crippen LogP contribution in [0.15, 0.2) is 11.6 Å². The zero-order chi connectivity index (χ0) is 21.5. The second-order valence-electron chi connectivity index (χ2n) is 9.06. The van der Waals surface area contributed by atoms with Gasteiger partial charge < -0.3 is 20.1 Å². The average molecular weight is 417 g/mol. The molecule has 1 fully saturated rings. The van der Waals surface area contributed by atoms with Crippen molar-refractivity contribution < 1.29 is 28.9 Å². The van der Waals surface area contributed by atoms with Gasteiger partial charge in [0.1, 0.15) is 11.4 Å². The van der Waals surface area contributed by atoms with E-state index >= 15 is 0 Å². The Morgan fingerprint density at radius 2 is 1.79 bits per heavy atom. The van der Waals surface area contributed by atoms with Crippen molar-refractivity contribution in [3.63, 3.8) is 0 Å². The number of carbonyl (C=O) groups excluding carboxylic acids is 1. The Morgan fingerprint density at radius 3 is 2.25 bits per heavy atom. The van der Waals surface area contributed by atoms with E-state index in [4.69, 9.17) is 4.74 Å². The third-order valence-electron chi connectivity index (χ3n) is 4.66. The van der Waals surface area contributed by atoms with Crippen molar-refractivity contribution in [1.82, 2.24) is 5.32 Å². The van der Waals surface area contributed by atoms with Crippen molar-refractivity contribution in [2.24, 2.45) is 11.8 Å². The molecule has 3 N–H and O–H groups in total. The van der Waals surface area contributed by atoms with Gasteiger partial charge in [0.15, 0.2) is 0 Å². The van der Waals surface area contributed by atoms with Gasteiger partial charge >= 0.3 is 12.1 Å². The predicted molar refractivity (Wildman–Crippen MR) is 110 cm³/mol. The topological polar surface area (TPSA) is 113 Å². The lowest BCUT2D eigenvalue weighted by Crippen LogP contribution is -2.40. The third-order valence-corrected chi connectivity index (χ3v) is 6.77. The molecule has 0 radical (unpaired) electrons. The second-order valence-corrected chi connectivity index (χ2v) is 11.5. The number of hydrogen-bond donors (Lipinski definition) is 3. The zero-order valence-electron chi connectivity index (χ0n) is 17.7. The van der Waals surface area contributed by atoms with Crippen LogP contribution in [-0.4, -0.2) is 39.6 Å². The quantitative estimate of drug-likeness (QED) is 0.388. The second kappa shape index (κ2) is 10.4. The summed E-state index contributed by atoms with van der Waals surface area (Å²) in [6, 6.07) is 0. The van der Waals surface area contributed by atoms with Crippen LogP contribution in [0.25, 0.3) is 0 Å². The van der Waals surface area contributed by atoms with Crippen LogP contribution in [0.1, 0.15) is 73.1 Å². The van der Waals surface area contributed by atoms with E-state index in [1.54, 1.807) is 20.8 Å². The van der Waals surface area contributed by atoms with Crippen LogP contribution >= 0.6 is 7.37 Å². The largest absolute Gasteiger partial charge is 0.478 e. The lowest BCUT2D eigenvalue weighted by molar-refractivity contribution is -0.132. The number of ether oxygens (including phenoxy) is 1. The smallest absolute Gasteiger partial charge is 0.408 e. The summed E-state index contributed by atoms with van der Waals surface area (Å²) in [5, 5.41) is 12.0. The molecule has 1 aliphatic carbocycles. The van der Waals surface area contributed by atoms with Crippen molar-refractivity contribution in [2.75, 3.05) is 6.16 Å². The number of amides is 1. The molecule has 0 aromatic heterocycles. The van der Waals surface area contributed by atoms with Crippen LogP contribution in [0.2, 0.25) is 0 Å². The molecule has 162 valence electrons. The van der Waals surface area contributed by atoms with Gasteiger partial charge in [-0.15, -0.1) is 0 Å². The van der Waals surface area contributed by atoms with Crippen LogP contribution in [-0.2, 0) is 14.1 Å². The predicted octanol–water partition coefficient (Wildman–Crippen LogP) is 4.75. The van der Waals surface area contributed by atoms with E-state index in [0.29, 0.717) is 6.42 Å². The van der Waals surface area contributed by atoms with E-state index in [0.717, 1.165) is 32.1 Å². The highest BCUT2D eigenvalue weighted by Gasteiger charge is 2.37. The minimum atomic E-state index is -4.02. The Balaban J connectivity index is 3.03. The standard InChI is InChI=1S/C20H36NO6P/c1-14(2)11-16(18(22)23)13-28(25,26)17(12-15-9-7-6-8-10-15)21-19(24)27-20(3,4)5/h11,14-15,17H,6-10,12-13H2,1-5H3,(H,21,24)(H,22,23)(H,25,26). The van der Waals surface area contributed by atoms with Gasteiger partial charge in [-0.1, -0.05) is 52.0 Å². The van der Waals surface area contributed by atoms with Crippen molar-refractivity contribution in [2.45, 2.75) is 84.5 Å². The highest BCUT2D eigenvalue weighted by molar-refractivity contribution is 7.59. The van der Waals surface area contributed by atoms with Crippen molar-refractivity contribution in [3.05, 3.63) is 11.6 Å². The Hall–Kier alpha value is -1.33. The molecule has 7 nitrogen and oxygen atoms in total. The summed E-state index contributed by atoms with van der Waals surface area (Å²) in [7, 11) is -4.02. The monoisotopic (exact) mass is 417 g/mol. The maximum atomic E-state index is 13.2. The fourth-order valence-corrected chi connectivity index (χ4v) is 5.34. The van der Waals surface area contributed by atoms with E-state index < -0.39 is 37.0 Å². The van der Waals surface area contributed by atoms with Gasteiger partial charge in [-0.25, -0.2) is 9.59 Å². The lowest BCUT2D eigenvalue weighted by atomic mass is 9.87. The Morgan fingerprint density at radius 1 is 1.21 bits per heavy atom. The van der Waals surface area contributed by atoms with E-state index in [1.807, 2.05) is 13.8 Å². The molecule has 1 amide bonds. The lowest BCUT2D eigenvalue weighted by Gasteiger charge is -2.31. The van der Waals surface area contributed by atoms with E-state index in [9.17, 15) is 24.2 Å². The van der Waals surface area contributed by atoms with Crippen molar-refractivity contribution in [1.29, 1.82) is 0 Å². The van der Waals surface area contributed by atoms with Crippen molar-refractivity contribution in [3.8, 4) is 0 Å². The number of hydrogen-bond acceptors (Lipinski definition) is 4. The summed E-state index contributed by atoms with van der Waals surface area (Å²) in [5.41, 5.74) is -0.830. The van der Waals surface area contributed by atoms with E-state index in [1.165, 1.54) is 6.08 Å². The number of allylic oxidation sites excluding steroid dienone is 1. The Bertz CT molecular complexity index is 617. The summed E-state index contributed by atoms with van der Waals surface area (Å²) in [6.45, 7) is 8.77. The van der Waals surface area contributed by atoms with E-state index in [-0.39, 0.29) is 17.4 Å². The number of rotatable bonds is 8. The average Bonchev–Trinajstić information content (AvgIpc) is 2.52. The summed E-state index contributed by atoms with van der Waals surface area (Å²) in [4.78, 5) is 34.5. The summed E-state index contributed by atoms with van der Waals surface area (Å²) in [5.74, 6) is -2.07. The summed E-state index contributed by atoms with van der Waals surface area (Å²) < 4.78 is 18.4. The van der Waals surface area contributed by atoms with Gasteiger partial charge in [-0.05, 0) is 39.0 Å². The molecule has 0 bridgehead atoms. The number of carboxylic acid groups (broad SMARTS) is 1. The molecule has 1 saturated carbocycles. The molecule has 2 unspecified atom stereocenters. The van der Waals surface area contributed by atoms with Crippen molar-refractivity contribution >= 4 is 19.4 Å². The molecule has 8 heteroatoms. The third kappa shape index (κ3) is 9.24. The molecule has 0 aliphatic heterocycles. The van der Waals surface area contributed by atoms with Crippen LogP contribution < -0.4 is 5.32 Å². The molecular formula is C20H36NO6P. The van der Waals surface area contributed by atoms with Crippen LogP contribution in [0, 0.1) is 11.8 Å². The minimum Gasteiger partial charge on any atom is -0.478 e. The number of carboxylic acids is 1. The molecule has 1 rings (SSSR count). The summed E-state index contributed by atoms with van der Waals surface area (Å²) >= 11 is 0. The zero-order valence-corrected chi connectivity index (χ0v) is 18.6. The van der Waals surface area contributed by atoms with Crippen LogP contribution in [0.5, 0.6) is 0 Å². The van der Waals surface area contributed by atoms with Gasteiger partial charge in [0.2, 0.25) is 7.37 Å². The first-order valence-corrected chi connectivity index (χ1v) is 12.0. The van der Waals surface area contributed by atoms with Gasteiger partial charge in [0, 0.05) is 5.57 Å². The molecule has 0 aromatic rings. The minimum absolute atomic E-state index is 0.0679. The van der Waals surface area contributed by atoms with Crippen LogP contribution in [0.3, 0.4) is 0 Å². The van der Waals surface area contributed by atoms with Crippen LogP contribution in [0.4, 0.5) is 4.79 Å². The van der Waals surface area contributed by atoms with E-state index in [2.05, 4.69) is 5.32 Å². The maximum Gasteiger partial charge on any atom is 0.408 e. The Labute approximate surface area is 168 Å². The Kier molecular flexibility index (Phi) is 9.22. The number of aliphatic carboxylic acids is 1. The first-order valence-electron chi connectivity index (χ1n) is 10.0. The fourth-order valence-electron chi connectivity index (χ4n) is 3.45. The highest BCUT2D eigenvalue weighted by Crippen LogP contribution is 2.50. The number of alkyl carbamates (subject to hydrolysis) is 1. The van der Waals surface area contributed by atoms with Gasteiger partial charge in [-0.3, -0.25) is 4.57 Å². The fraction of sp³-hybridized carbons (Fsp3) is 0.800. The first-order chi connectivity index (χ1) is 12.8. The number of nitrogens with one attached hydrogen (secondary N) is 1. The highest BCUT2D eigenvalue weighted by atomic mass is 31.2. The molecule has 1 aliphatic rings. The summed E-state index contributed by atoms with van der Waals surface area (Å²) in [6.07, 6.45) is 5.76. The molecule has 0 saturated heterocycles. The molecule has 0 heterocycles. The maximum absolute atomic E-state index is 13.2. The van der Waals surface area contributed by atoms with Gasteiger partial charge in [0.25, 0.3) is 0 Å². The molecule has 2 atom stereocenters. The molecule has 28 heavy (non-hydrogen) atoms. The molecule has 0 aromatic carbocycles. The number of carbonyl (C=O) groups is 2. The van der Waals surface area contributed by atoms with Gasteiger partial charge in [-0.2, -0.15) is 0 Å².